The Morgan fingerprint density at radius 1 is 1.35 bits per heavy atom. The fraction of sp³-hybridized carbons (Fsp3) is 0.941. The van der Waals surface area contributed by atoms with Crippen LogP contribution in [0.4, 0.5) is 13.2 Å². The van der Waals surface area contributed by atoms with Crippen molar-refractivity contribution in [3.05, 3.63) is 0 Å². The van der Waals surface area contributed by atoms with Crippen molar-refractivity contribution in [1.29, 1.82) is 0 Å². The Kier molecular flexibility index (Phi) is 10.3. The standard InChI is InChI=1S/C17H34F3N5O/c1-5-21-16(22-6-7-24(4)13-17(18,19)20)23-10-15-12-25(8-9-26-15)11-14(2)3/h14-15H,5-13H2,1-4H3,(H2,21,22,23). The van der Waals surface area contributed by atoms with Gasteiger partial charge in [-0.3, -0.25) is 14.8 Å². The monoisotopic (exact) mass is 381 g/mol. The van der Waals surface area contributed by atoms with Gasteiger partial charge in [-0.25, -0.2) is 0 Å². The van der Waals surface area contributed by atoms with E-state index in [0.29, 0.717) is 38.1 Å². The summed E-state index contributed by atoms with van der Waals surface area (Å²) in [5.41, 5.74) is 0. The molecule has 0 aliphatic carbocycles. The zero-order valence-corrected chi connectivity index (χ0v) is 16.4. The lowest BCUT2D eigenvalue weighted by atomic mass is 10.2. The summed E-state index contributed by atoms with van der Waals surface area (Å²) < 4.78 is 42.8. The molecular weight excluding hydrogens is 347 g/mol. The van der Waals surface area contributed by atoms with Gasteiger partial charge in [-0.1, -0.05) is 13.8 Å². The van der Waals surface area contributed by atoms with Crippen molar-refractivity contribution in [3.63, 3.8) is 0 Å². The van der Waals surface area contributed by atoms with Gasteiger partial charge in [0.15, 0.2) is 5.96 Å². The van der Waals surface area contributed by atoms with Crippen molar-refractivity contribution in [2.24, 2.45) is 10.9 Å². The first kappa shape index (κ1) is 23.0. The van der Waals surface area contributed by atoms with Gasteiger partial charge >= 0.3 is 6.18 Å². The Labute approximate surface area is 155 Å². The van der Waals surface area contributed by atoms with Crippen LogP contribution in [0.3, 0.4) is 0 Å². The second kappa shape index (κ2) is 11.6. The van der Waals surface area contributed by atoms with Crippen LogP contribution in [0.25, 0.3) is 0 Å². The highest BCUT2D eigenvalue weighted by Gasteiger charge is 2.28. The second-order valence-electron chi connectivity index (χ2n) is 7.15. The molecule has 0 aromatic rings. The van der Waals surface area contributed by atoms with Crippen LogP contribution in [-0.4, -0.2) is 94.1 Å². The van der Waals surface area contributed by atoms with Crippen molar-refractivity contribution in [1.82, 2.24) is 20.4 Å². The van der Waals surface area contributed by atoms with Crippen molar-refractivity contribution >= 4 is 5.96 Å². The summed E-state index contributed by atoms with van der Waals surface area (Å²) in [7, 11) is 1.46. The molecule has 0 bridgehead atoms. The first-order chi connectivity index (χ1) is 12.2. The Balaban J connectivity index is 2.40. The predicted octanol–water partition coefficient (Wildman–Crippen LogP) is 1.39. The highest BCUT2D eigenvalue weighted by molar-refractivity contribution is 5.79. The number of likely N-dealkylation sites (N-methyl/N-ethyl adjacent to an activating group) is 1. The average molecular weight is 381 g/mol. The molecule has 0 saturated carbocycles. The molecule has 9 heteroatoms. The van der Waals surface area contributed by atoms with Crippen LogP contribution in [0.5, 0.6) is 0 Å². The lowest BCUT2D eigenvalue weighted by Crippen LogP contribution is -2.46. The van der Waals surface area contributed by atoms with Crippen molar-refractivity contribution in [2.45, 2.75) is 33.1 Å². The first-order valence-electron chi connectivity index (χ1n) is 9.31. The van der Waals surface area contributed by atoms with E-state index in [9.17, 15) is 13.2 Å². The van der Waals surface area contributed by atoms with Crippen molar-refractivity contribution < 1.29 is 17.9 Å². The smallest absolute Gasteiger partial charge is 0.374 e. The summed E-state index contributed by atoms with van der Waals surface area (Å²) in [6.07, 6.45) is -4.13. The Morgan fingerprint density at radius 2 is 2.08 bits per heavy atom. The zero-order valence-electron chi connectivity index (χ0n) is 16.4. The maximum absolute atomic E-state index is 12.3. The maximum atomic E-state index is 12.3. The van der Waals surface area contributed by atoms with Crippen molar-refractivity contribution in [2.75, 3.05) is 66.0 Å². The molecule has 1 heterocycles. The number of ether oxygens (including phenoxy) is 1. The van der Waals surface area contributed by atoms with Gasteiger partial charge in [-0.15, -0.1) is 0 Å². The molecule has 1 atom stereocenters. The molecule has 1 unspecified atom stereocenters. The summed E-state index contributed by atoms with van der Waals surface area (Å²) in [4.78, 5) is 8.15. The van der Waals surface area contributed by atoms with Crippen LogP contribution in [0.15, 0.2) is 4.99 Å². The Hall–Kier alpha value is -1.06. The molecule has 1 rings (SSSR count). The highest BCUT2D eigenvalue weighted by Crippen LogP contribution is 2.15. The van der Waals surface area contributed by atoms with E-state index in [0.717, 1.165) is 19.6 Å². The van der Waals surface area contributed by atoms with Gasteiger partial charge in [0.05, 0.1) is 25.8 Å². The number of halogens is 3. The molecular formula is C17H34F3N5O. The van der Waals surface area contributed by atoms with Gasteiger partial charge in [-0.05, 0) is 19.9 Å². The number of hydrogen-bond acceptors (Lipinski definition) is 4. The molecule has 154 valence electrons. The minimum Gasteiger partial charge on any atom is -0.374 e. The summed E-state index contributed by atoms with van der Waals surface area (Å²) in [5.74, 6) is 1.22. The topological polar surface area (TPSA) is 52.1 Å². The zero-order chi connectivity index (χ0) is 19.6. The first-order valence-corrected chi connectivity index (χ1v) is 9.31. The van der Waals surface area contributed by atoms with Crippen molar-refractivity contribution in [3.8, 4) is 0 Å². The summed E-state index contributed by atoms with van der Waals surface area (Å²) in [6, 6.07) is 0. The number of morpholine rings is 1. The molecule has 0 spiro atoms. The minimum atomic E-state index is -4.17. The Morgan fingerprint density at radius 3 is 2.69 bits per heavy atom. The summed E-state index contributed by atoms with van der Waals surface area (Å²) in [5, 5.41) is 6.20. The van der Waals surface area contributed by atoms with Gasteiger partial charge in [0.1, 0.15) is 0 Å². The predicted molar refractivity (Wildman–Crippen MR) is 98.6 cm³/mol. The molecule has 0 radical (unpaired) electrons. The van der Waals surface area contributed by atoms with E-state index in [1.807, 2.05) is 6.92 Å². The lowest BCUT2D eigenvalue weighted by Gasteiger charge is -2.33. The van der Waals surface area contributed by atoms with Gasteiger partial charge in [0.2, 0.25) is 0 Å². The molecule has 1 fully saturated rings. The highest BCUT2D eigenvalue weighted by atomic mass is 19.4. The molecule has 1 saturated heterocycles. The van der Waals surface area contributed by atoms with Crippen LogP contribution >= 0.6 is 0 Å². The minimum absolute atomic E-state index is 0.0471. The van der Waals surface area contributed by atoms with Gasteiger partial charge < -0.3 is 15.4 Å². The van der Waals surface area contributed by atoms with Gasteiger partial charge in [-0.2, -0.15) is 13.2 Å². The molecule has 26 heavy (non-hydrogen) atoms. The molecule has 0 amide bonds. The molecule has 0 aromatic heterocycles. The quantitative estimate of drug-likeness (QED) is 0.467. The van der Waals surface area contributed by atoms with Gasteiger partial charge in [0, 0.05) is 39.3 Å². The van der Waals surface area contributed by atoms with Gasteiger partial charge in [0.25, 0.3) is 0 Å². The molecule has 6 nitrogen and oxygen atoms in total. The van der Waals surface area contributed by atoms with Crippen LogP contribution < -0.4 is 10.6 Å². The van der Waals surface area contributed by atoms with Crippen LogP contribution in [0.2, 0.25) is 0 Å². The van der Waals surface area contributed by atoms with E-state index in [2.05, 4.69) is 34.4 Å². The van der Waals surface area contributed by atoms with E-state index in [1.54, 1.807) is 0 Å². The fourth-order valence-electron chi connectivity index (χ4n) is 2.86. The van der Waals surface area contributed by atoms with E-state index >= 15 is 0 Å². The van der Waals surface area contributed by atoms with Crippen LogP contribution in [0.1, 0.15) is 20.8 Å². The number of nitrogens with zero attached hydrogens (tertiary/aromatic N) is 3. The third-order valence-corrected chi connectivity index (χ3v) is 3.88. The number of alkyl halides is 3. The second-order valence-corrected chi connectivity index (χ2v) is 7.15. The number of aliphatic imine (C=N–C) groups is 1. The maximum Gasteiger partial charge on any atom is 0.401 e. The van der Waals surface area contributed by atoms with E-state index in [-0.39, 0.29) is 12.6 Å². The number of nitrogens with one attached hydrogen (secondary N) is 2. The van der Waals surface area contributed by atoms with E-state index in [4.69, 9.17) is 4.74 Å². The fourth-order valence-corrected chi connectivity index (χ4v) is 2.86. The third-order valence-electron chi connectivity index (χ3n) is 3.88. The lowest BCUT2D eigenvalue weighted by molar-refractivity contribution is -0.142. The third kappa shape index (κ3) is 10.8. The van der Waals surface area contributed by atoms with Crippen LogP contribution in [0, 0.1) is 5.92 Å². The van der Waals surface area contributed by atoms with E-state index in [1.165, 1.54) is 11.9 Å². The molecule has 1 aliphatic rings. The SMILES string of the molecule is CCNC(=NCC1CN(CC(C)C)CCO1)NCCN(C)CC(F)(F)F. The van der Waals surface area contributed by atoms with E-state index < -0.39 is 12.7 Å². The largest absolute Gasteiger partial charge is 0.401 e. The number of hydrogen-bond donors (Lipinski definition) is 2. The average Bonchev–Trinajstić information content (AvgIpc) is 2.50. The normalized spacial score (nSPS) is 20.0. The Bertz CT molecular complexity index is 418. The number of guanidine groups is 1. The molecule has 2 N–H and O–H groups in total. The summed E-state index contributed by atoms with van der Waals surface area (Å²) >= 11 is 0. The summed E-state index contributed by atoms with van der Waals surface area (Å²) in [6.45, 7) is 10.9. The molecule has 1 aliphatic heterocycles. The number of rotatable bonds is 9. The van der Waals surface area contributed by atoms with Crippen LogP contribution in [-0.2, 0) is 4.74 Å². The molecule has 0 aromatic carbocycles.